The summed E-state index contributed by atoms with van der Waals surface area (Å²) in [7, 11) is 1.54. The number of nitrogens with one attached hydrogen (secondary N) is 1. The Kier molecular flexibility index (Phi) is 2.77. The number of rotatable bonds is 3. The summed E-state index contributed by atoms with van der Waals surface area (Å²) in [4.78, 5) is 11.6. The van der Waals surface area contributed by atoms with Gasteiger partial charge in [-0.2, -0.15) is 0 Å². The van der Waals surface area contributed by atoms with Crippen molar-refractivity contribution in [2.24, 2.45) is 0 Å². The molecule has 2 aromatic rings. The molecular formula is C9H9N3O2S. The monoisotopic (exact) mass is 223 g/mol. The van der Waals surface area contributed by atoms with Crippen LogP contribution in [0.15, 0.2) is 34.7 Å². The van der Waals surface area contributed by atoms with Crippen molar-refractivity contribution in [2.75, 3.05) is 7.11 Å². The molecule has 2 N–H and O–H groups in total. The highest BCUT2D eigenvalue weighted by atomic mass is 32.2. The minimum Gasteiger partial charge on any atom is -0.505 e. The molecule has 0 saturated carbocycles. The van der Waals surface area contributed by atoms with E-state index in [1.807, 2.05) is 0 Å². The molecule has 0 fully saturated rings. The van der Waals surface area contributed by atoms with Crippen LogP contribution in [0.2, 0.25) is 0 Å². The molecule has 0 saturated heterocycles. The molecule has 15 heavy (non-hydrogen) atoms. The largest absolute Gasteiger partial charge is 0.505 e. The average molecular weight is 223 g/mol. The number of H-pyrrole nitrogens is 1. The van der Waals surface area contributed by atoms with Crippen LogP contribution in [-0.4, -0.2) is 27.2 Å². The lowest BCUT2D eigenvalue weighted by Gasteiger charge is -2.00. The molecule has 0 unspecified atom stereocenters. The van der Waals surface area contributed by atoms with Crippen LogP contribution in [0.25, 0.3) is 0 Å². The van der Waals surface area contributed by atoms with Crippen molar-refractivity contribution in [1.29, 1.82) is 0 Å². The molecule has 0 bridgehead atoms. The Hall–Kier alpha value is -1.69. The van der Waals surface area contributed by atoms with Crippen LogP contribution in [0.4, 0.5) is 0 Å². The number of hydrogen-bond donors (Lipinski definition) is 2. The molecule has 0 aromatic carbocycles. The maximum atomic E-state index is 9.39. The average Bonchev–Trinajstić information content (AvgIpc) is 2.66. The molecule has 0 atom stereocenters. The first kappa shape index (κ1) is 9.85. The van der Waals surface area contributed by atoms with Crippen molar-refractivity contribution in [2.45, 2.75) is 9.92 Å². The number of nitrogens with zero attached hydrogens (tertiary/aromatic N) is 2. The zero-order valence-electron chi connectivity index (χ0n) is 7.97. The van der Waals surface area contributed by atoms with Gasteiger partial charge >= 0.3 is 0 Å². The van der Waals surface area contributed by atoms with E-state index in [9.17, 15) is 5.11 Å². The van der Waals surface area contributed by atoms with Crippen LogP contribution in [0.1, 0.15) is 0 Å². The smallest absolute Gasteiger partial charge is 0.232 e. The van der Waals surface area contributed by atoms with E-state index in [0.717, 1.165) is 4.90 Å². The fourth-order valence-electron chi connectivity index (χ4n) is 0.998. The van der Waals surface area contributed by atoms with Crippen molar-refractivity contribution < 1.29 is 9.84 Å². The first-order valence-electron chi connectivity index (χ1n) is 4.19. The molecule has 5 nitrogen and oxygen atoms in total. The summed E-state index contributed by atoms with van der Waals surface area (Å²) in [6.45, 7) is 0. The molecule has 0 radical (unpaired) electrons. The fraction of sp³-hybridized carbons (Fsp3) is 0.111. The zero-order valence-corrected chi connectivity index (χ0v) is 8.78. The van der Waals surface area contributed by atoms with E-state index in [-0.39, 0.29) is 5.75 Å². The van der Waals surface area contributed by atoms with Gasteiger partial charge in [-0.05, 0) is 0 Å². The van der Waals surface area contributed by atoms with Gasteiger partial charge < -0.3 is 14.8 Å². The van der Waals surface area contributed by atoms with Gasteiger partial charge in [0, 0.05) is 12.4 Å². The summed E-state index contributed by atoms with van der Waals surface area (Å²) in [5.41, 5.74) is 0. The SMILES string of the molecule is COc1cnc(Sc2c[nH]cc2O)cn1. The summed E-state index contributed by atoms with van der Waals surface area (Å²) >= 11 is 1.33. The molecule has 0 spiro atoms. The molecule has 78 valence electrons. The van der Waals surface area contributed by atoms with Gasteiger partial charge in [-0.1, -0.05) is 11.8 Å². The third-order valence-corrected chi connectivity index (χ3v) is 2.68. The van der Waals surface area contributed by atoms with Gasteiger partial charge in [-0.15, -0.1) is 0 Å². The van der Waals surface area contributed by atoms with E-state index in [0.29, 0.717) is 10.9 Å². The molecule has 6 heteroatoms. The first-order chi connectivity index (χ1) is 7.29. The maximum Gasteiger partial charge on any atom is 0.232 e. The number of aromatic hydroxyl groups is 1. The Bertz CT molecular complexity index is 441. The van der Waals surface area contributed by atoms with E-state index in [1.165, 1.54) is 31.3 Å². The summed E-state index contributed by atoms with van der Waals surface area (Å²) in [6, 6.07) is 0. The Labute approximate surface area is 90.5 Å². The Balaban J connectivity index is 2.14. The molecule has 0 aliphatic heterocycles. The van der Waals surface area contributed by atoms with E-state index in [1.54, 1.807) is 12.4 Å². The Morgan fingerprint density at radius 3 is 2.73 bits per heavy atom. The molecule has 2 aromatic heterocycles. The van der Waals surface area contributed by atoms with Crippen LogP contribution >= 0.6 is 11.8 Å². The van der Waals surface area contributed by atoms with Crippen LogP contribution in [0.5, 0.6) is 11.6 Å². The normalized spacial score (nSPS) is 10.2. The van der Waals surface area contributed by atoms with Gasteiger partial charge in [-0.3, -0.25) is 0 Å². The van der Waals surface area contributed by atoms with Crippen molar-refractivity contribution in [1.82, 2.24) is 15.0 Å². The van der Waals surface area contributed by atoms with Crippen molar-refractivity contribution in [3.63, 3.8) is 0 Å². The summed E-state index contributed by atoms with van der Waals surface area (Å²) in [5.74, 6) is 0.676. The van der Waals surface area contributed by atoms with Crippen LogP contribution in [0.3, 0.4) is 0 Å². The number of aromatic amines is 1. The van der Waals surface area contributed by atoms with Crippen LogP contribution < -0.4 is 4.74 Å². The Morgan fingerprint density at radius 2 is 2.20 bits per heavy atom. The molecule has 0 amide bonds. The summed E-state index contributed by atoms with van der Waals surface area (Å²) in [6.07, 6.45) is 6.34. The minimum atomic E-state index is 0.206. The maximum absolute atomic E-state index is 9.39. The number of methoxy groups -OCH3 is 1. The molecule has 0 aliphatic carbocycles. The lowest BCUT2D eigenvalue weighted by Crippen LogP contribution is -1.89. The third-order valence-electron chi connectivity index (χ3n) is 1.72. The van der Waals surface area contributed by atoms with Crippen LogP contribution in [0, 0.1) is 0 Å². The predicted octanol–water partition coefficient (Wildman–Crippen LogP) is 1.67. The van der Waals surface area contributed by atoms with Crippen molar-refractivity contribution in [3.8, 4) is 11.6 Å². The van der Waals surface area contributed by atoms with Crippen molar-refractivity contribution in [3.05, 3.63) is 24.8 Å². The Morgan fingerprint density at radius 1 is 1.33 bits per heavy atom. The van der Waals surface area contributed by atoms with E-state index in [2.05, 4.69) is 15.0 Å². The van der Waals surface area contributed by atoms with E-state index >= 15 is 0 Å². The first-order valence-corrected chi connectivity index (χ1v) is 5.01. The lowest BCUT2D eigenvalue weighted by molar-refractivity contribution is 0.394. The molecule has 2 heterocycles. The standard InChI is InChI=1S/C9H9N3O2S/c1-14-8-4-12-9(5-11-8)15-7-3-10-2-6(7)13/h2-5,10,13H,1H3. The second-order valence-electron chi connectivity index (χ2n) is 2.70. The molecule has 0 aliphatic rings. The lowest BCUT2D eigenvalue weighted by atomic mass is 10.6. The molecule has 2 rings (SSSR count). The predicted molar refractivity (Wildman–Crippen MR) is 55.2 cm³/mol. The van der Waals surface area contributed by atoms with E-state index < -0.39 is 0 Å². The van der Waals surface area contributed by atoms with Gasteiger partial charge in [-0.25, -0.2) is 9.97 Å². The highest BCUT2D eigenvalue weighted by Gasteiger charge is 2.05. The number of ether oxygens (including phenoxy) is 1. The minimum absolute atomic E-state index is 0.206. The quantitative estimate of drug-likeness (QED) is 0.828. The summed E-state index contributed by atoms with van der Waals surface area (Å²) < 4.78 is 4.89. The van der Waals surface area contributed by atoms with Gasteiger partial charge in [0.15, 0.2) is 0 Å². The second kappa shape index (κ2) is 4.22. The van der Waals surface area contributed by atoms with Crippen LogP contribution in [-0.2, 0) is 0 Å². The van der Waals surface area contributed by atoms with E-state index in [4.69, 9.17) is 4.74 Å². The highest BCUT2D eigenvalue weighted by molar-refractivity contribution is 7.99. The van der Waals surface area contributed by atoms with Gasteiger partial charge in [0.25, 0.3) is 0 Å². The van der Waals surface area contributed by atoms with Gasteiger partial charge in [0.05, 0.1) is 24.4 Å². The van der Waals surface area contributed by atoms with Gasteiger partial charge in [0.1, 0.15) is 10.8 Å². The second-order valence-corrected chi connectivity index (χ2v) is 3.77. The zero-order chi connectivity index (χ0) is 10.7. The van der Waals surface area contributed by atoms with Gasteiger partial charge in [0.2, 0.25) is 5.88 Å². The fourth-order valence-corrected chi connectivity index (χ4v) is 1.72. The van der Waals surface area contributed by atoms with Crippen molar-refractivity contribution >= 4 is 11.8 Å². The number of aromatic nitrogens is 3. The highest BCUT2D eigenvalue weighted by Crippen LogP contribution is 2.32. The summed E-state index contributed by atoms with van der Waals surface area (Å²) in [5, 5.41) is 10.1. The topological polar surface area (TPSA) is 71.0 Å². The third kappa shape index (κ3) is 2.21. The molecular weight excluding hydrogens is 214 g/mol. The number of hydrogen-bond acceptors (Lipinski definition) is 5.